The summed E-state index contributed by atoms with van der Waals surface area (Å²) in [6.45, 7) is 2.42. The summed E-state index contributed by atoms with van der Waals surface area (Å²) in [4.78, 5) is 21.5. The number of fused-ring (bicyclic) bond motifs is 3. The first-order chi connectivity index (χ1) is 18.7. The van der Waals surface area contributed by atoms with Gasteiger partial charge in [-0.25, -0.2) is 4.98 Å². The van der Waals surface area contributed by atoms with Crippen molar-refractivity contribution in [2.24, 2.45) is 0 Å². The van der Waals surface area contributed by atoms with Gasteiger partial charge in [-0.1, -0.05) is 60.7 Å². The molecule has 0 bridgehead atoms. The summed E-state index contributed by atoms with van der Waals surface area (Å²) < 4.78 is 1.98. The predicted molar refractivity (Wildman–Crippen MR) is 148 cm³/mol. The third-order valence-electron chi connectivity index (χ3n) is 6.71. The van der Waals surface area contributed by atoms with Crippen LogP contribution < -0.4 is 5.32 Å². The van der Waals surface area contributed by atoms with Crippen LogP contribution in [-0.2, 0) is 17.8 Å². The van der Waals surface area contributed by atoms with Gasteiger partial charge in [0.15, 0.2) is 5.65 Å². The van der Waals surface area contributed by atoms with Gasteiger partial charge in [0.05, 0.1) is 11.2 Å². The topological polar surface area (TPSA) is 85.1 Å². The third kappa shape index (κ3) is 4.74. The molecule has 38 heavy (non-hydrogen) atoms. The van der Waals surface area contributed by atoms with E-state index in [1.807, 2.05) is 66.1 Å². The number of pyridine rings is 3. The van der Waals surface area contributed by atoms with E-state index < -0.39 is 0 Å². The summed E-state index contributed by atoms with van der Waals surface area (Å²) in [6, 6.07) is 26.5. The summed E-state index contributed by atoms with van der Waals surface area (Å²) in [5.41, 5.74) is 7.78. The van der Waals surface area contributed by atoms with E-state index in [9.17, 15) is 4.79 Å². The number of aromatic nitrogens is 5. The lowest BCUT2D eigenvalue weighted by atomic mass is 9.97. The maximum atomic E-state index is 12.3. The molecule has 7 heteroatoms. The Hall–Kier alpha value is -4.91. The Morgan fingerprint density at radius 3 is 2.53 bits per heavy atom. The Morgan fingerprint density at radius 2 is 1.74 bits per heavy atom. The fraction of sp³-hybridized carbons (Fsp3) is 0.129. The first kappa shape index (κ1) is 23.5. The number of benzene rings is 2. The van der Waals surface area contributed by atoms with Crippen molar-refractivity contribution < 1.29 is 4.79 Å². The van der Waals surface area contributed by atoms with Crippen LogP contribution in [0, 0.1) is 6.92 Å². The Labute approximate surface area is 220 Å². The van der Waals surface area contributed by atoms with Crippen LogP contribution in [0.5, 0.6) is 0 Å². The van der Waals surface area contributed by atoms with Crippen molar-refractivity contribution in [3.8, 4) is 22.4 Å². The summed E-state index contributed by atoms with van der Waals surface area (Å²) in [6.07, 6.45) is 6.61. The van der Waals surface area contributed by atoms with Crippen LogP contribution in [0.3, 0.4) is 0 Å². The monoisotopic (exact) mass is 498 g/mol. The maximum Gasteiger partial charge on any atom is 0.220 e. The standard InChI is InChI=1S/C31H26N6O/c1-21-35-36-31-27-18-26(24-7-3-2-4-8-24)30(34-28(27)15-17-37(21)31)25-12-9-23(10-13-25)20-33-29(38)14-11-22-6-5-16-32-19-22/h2-10,12-13,15-19H,11,14,20H2,1H3,(H,33,38). The van der Waals surface area contributed by atoms with E-state index in [0.29, 0.717) is 19.4 Å². The van der Waals surface area contributed by atoms with Crippen LogP contribution in [0.15, 0.2) is 97.5 Å². The molecule has 0 saturated heterocycles. The number of amides is 1. The molecular formula is C31H26N6O. The van der Waals surface area contributed by atoms with Crippen molar-refractivity contribution in [1.82, 2.24) is 29.9 Å². The van der Waals surface area contributed by atoms with Crippen LogP contribution in [-0.4, -0.2) is 30.5 Å². The van der Waals surface area contributed by atoms with Gasteiger partial charge in [0.25, 0.3) is 0 Å². The van der Waals surface area contributed by atoms with Crippen molar-refractivity contribution in [2.75, 3.05) is 0 Å². The van der Waals surface area contributed by atoms with Gasteiger partial charge < -0.3 is 5.32 Å². The highest BCUT2D eigenvalue weighted by Gasteiger charge is 2.15. The lowest BCUT2D eigenvalue weighted by molar-refractivity contribution is -0.121. The number of carbonyl (C=O) groups is 1. The minimum absolute atomic E-state index is 0.0236. The maximum absolute atomic E-state index is 12.3. The zero-order valence-electron chi connectivity index (χ0n) is 21.0. The van der Waals surface area contributed by atoms with E-state index >= 15 is 0 Å². The van der Waals surface area contributed by atoms with Gasteiger partial charge in [0.2, 0.25) is 5.91 Å². The van der Waals surface area contributed by atoms with E-state index in [-0.39, 0.29) is 5.91 Å². The first-order valence-electron chi connectivity index (χ1n) is 12.6. The van der Waals surface area contributed by atoms with Crippen LogP contribution >= 0.6 is 0 Å². The van der Waals surface area contributed by atoms with Crippen LogP contribution in [0.1, 0.15) is 23.4 Å². The van der Waals surface area contributed by atoms with Crippen LogP contribution in [0.25, 0.3) is 38.9 Å². The smallest absolute Gasteiger partial charge is 0.220 e. The molecule has 0 aliphatic heterocycles. The number of nitrogens with zero attached hydrogens (tertiary/aromatic N) is 5. The highest BCUT2D eigenvalue weighted by Crippen LogP contribution is 2.34. The van der Waals surface area contributed by atoms with Crippen LogP contribution in [0.2, 0.25) is 0 Å². The zero-order chi connectivity index (χ0) is 25.9. The summed E-state index contributed by atoms with van der Waals surface area (Å²) in [5, 5.41) is 12.6. The lowest BCUT2D eigenvalue weighted by Gasteiger charge is -2.13. The van der Waals surface area contributed by atoms with E-state index in [1.54, 1.807) is 12.4 Å². The number of carbonyl (C=O) groups excluding carboxylic acids is 1. The normalized spacial score (nSPS) is 11.2. The SMILES string of the molecule is Cc1nnc2c3cc(-c4ccccc4)c(-c4ccc(CNC(=O)CCc5cccnc5)cc4)nc3ccn12. The zero-order valence-corrected chi connectivity index (χ0v) is 21.0. The molecular weight excluding hydrogens is 472 g/mol. The van der Waals surface area contributed by atoms with E-state index in [4.69, 9.17) is 4.98 Å². The molecule has 0 unspecified atom stereocenters. The molecule has 7 nitrogen and oxygen atoms in total. The minimum Gasteiger partial charge on any atom is -0.352 e. The van der Waals surface area contributed by atoms with Crippen molar-refractivity contribution in [2.45, 2.75) is 26.3 Å². The number of rotatable bonds is 7. The van der Waals surface area contributed by atoms with Crippen LogP contribution in [0.4, 0.5) is 0 Å². The highest BCUT2D eigenvalue weighted by atomic mass is 16.1. The average Bonchev–Trinajstić information content (AvgIpc) is 3.36. The second-order valence-corrected chi connectivity index (χ2v) is 9.27. The number of hydrogen-bond donors (Lipinski definition) is 1. The number of hydrogen-bond acceptors (Lipinski definition) is 5. The quantitative estimate of drug-likeness (QED) is 0.311. The van der Waals surface area contributed by atoms with Gasteiger partial charge in [0, 0.05) is 48.1 Å². The Kier molecular flexibility index (Phi) is 6.32. The minimum atomic E-state index is 0.0236. The molecule has 0 radical (unpaired) electrons. The molecule has 1 amide bonds. The van der Waals surface area contributed by atoms with Gasteiger partial charge in [-0.2, -0.15) is 0 Å². The molecule has 6 aromatic rings. The molecule has 0 atom stereocenters. The molecule has 186 valence electrons. The van der Waals surface area contributed by atoms with Gasteiger partial charge in [-0.05, 0) is 48.2 Å². The fourth-order valence-corrected chi connectivity index (χ4v) is 4.64. The van der Waals surface area contributed by atoms with Gasteiger partial charge >= 0.3 is 0 Å². The predicted octanol–water partition coefficient (Wildman–Crippen LogP) is 5.56. The Balaban J connectivity index is 1.27. The van der Waals surface area contributed by atoms with Crippen molar-refractivity contribution in [3.63, 3.8) is 0 Å². The van der Waals surface area contributed by atoms with E-state index in [2.05, 4.69) is 50.8 Å². The van der Waals surface area contributed by atoms with Crippen molar-refractivity contribution >= 4 is 22.5 Å². The molecule has 0 aliphatic rings. The second-order valence-electron chi connectivity index (χ2n) is 9.27. The lowest BCUT2D eigenvalue weighted by Crippen LogP contribution is -2.22. The average molecular weight is 499 g/mol. The highest BCUT2D eigenvalue weighted by molar-refractivity contribution is 5.98. The molecule has 6 rings (SSSR count). The molecule has 0 aliphatic carbocycles. The summed E-state index contributed by atoms with van der Waals surface area (Å²) in [7, 11) is 0. The number of aryl methyl sites for hydroxylation is 2. The van der Waals surface area contributed by atoms with Gasteiger partial charge in [-0.3, -0.25) is 14.2 Å². The largest absolute Gasteiger partial charge is 0.352 e. The Morgan fingerprint density at radius 1 is 0.895 bits per heavy atom. The van der Waals surface area contributed by atoms with Gasteiger partial charge in [-0.15, -0.1) is 10.2 Å². The summed E-state index contributed by atoms with van der Waals surface area (Å²) in [5.74, 6) is 0.863. The first-order valence-corrected chi connectivity index (χ1v) is 12.6. The number of nitrogens with one attached hydrogen (secondary N) is 1. The molecule has 0 spiro atoms. The van der Waals surface area contributed by atoms with Crippen molar-refractivity contribution in [1.29, 1.82) is 0 Å². The molecule has 1 N–H and O–H groups in total. The van der Waals surface area contributed by atoms with Crippen molar-refractivity contribution in [3.05, 3.63) is 114 Å². The molecule has 0 saturated carbocycles. The molecule has 0 fully saturated rings. The molecule has 2 aromatic carbocycles. The second kappa shape index (κ2) is 10.2. The van der Waals surface area contributed by atoms with E-state index in [1.165, 1.54) is 0 Å². The molecule has 4 aromatic heterocycles. The van der Waals surface area contributed by atoms with E-state index in [0.717, 1.165) is 55.9 Å². The van der Waals surface area contributed by atoms with Gasteiger partial charge in [0.1, 0.15) is 5.82 Å². The fourth-order valence-electron chi connectivity index (χ4n) is 4.64. The Bertz CT molecular complexity index is 1730. The third-order valence-corrected chi connectivity index (χ3v) is 6.71. The molecule has 4 heterocycles. The summed E-state index contributed by atoms with van der Waals surface area (Å²) >= 11 is 0.